The van der Waals surface area contributed by atoms with Crippen LogP contribution in [0.5, 0.6) is 0 Å². The summed E-state index contributed by atoms with van der Waals surface area (Å²) in [7, 11) is 0. The molecule has 6 N–H and O–H groups in total. The Morgan fingerprint density at radius 3 is 1.30 bits per heavy atom. The fraction of sp³-hybridized carbons (Fsp3) is 0.522. The van der Waals surface area contributed by atoms with E-state index in [0.717, 1.165) is 95.8 Å². The quantitative estimate of drug-likeness (QED) is 0.122. The molecule has 0 unspecified atom stereocenters. The normalized spacial score (nSPS) is 22.0. The SMILES string of the molecule is Cc1ncsc1-c1ccc(CNC(=O)[C@@H]2C[C@@H](O)CN2C(=O)[C@@H](C)N2CCNCC2)cc1.Cc1ncsc1-c1ccc(CNC(=O)[C@@H]2C[C@@H](O)CN2C(=O)[C@H](C)N2CCNCC2)cc1.Cl.Cl. The van der Waals surface area contributed by atoms with Crippen molar-refractivity contribution in [3.8, 4) is 20.9 Å². The third kappa shape index (κ3) is 13.1. The van der Waals surface area contributed by atoms with E-state index in [4.69, 9.17) is 0 Å². The summed E-state index contributed by atoms with van der Waals surface area (Å²) in [5.74, 6) is -0.615. The lowest BCUT2D eigenvalue weighted by Gasteiger charge is -2.35. The van der Waals surface area contributed by atoms with Crippen molar-refractivity contribution >= 4 is 71.1 Å². The predicted octanol–water partition coefficient (Wildman–Crippen LogP) is 2.82. The minimum atomic E-state index is -0.674. The molecule has 4 saturated heterocycles. The second-order valence-electron chi connectivity index (χ2n) is 17.1. The Kier molecular flexibility index (Phi) is 19.9. The largest absolute Gasteiger partial charge is 0.391 e. The molecule has 0 spiro atoms. The van der Waals surface area contributed by atoms with Crippen molar-refractivity contribution < 1.29 is 29.4 Å². The van der Waals surface area contributed by atoms with Crippen LogP contribution in [-0.4, -0.2) is 165 Å². The van der Waals surface area contributed by atoms with Gasteiger partial charge in [-0.05, 0) is 49.9 Å². The van der Waals surface area contributed by atoms with Crippen molar-refractivity contribution in [3.63, 3.8) is 0 Å². The first-order valence-corrected chi connectivity index (χ1v) is 24.0. The van der Waals surface area contributed by atoms with Gasteiger partial charge in [0, 0.05) is 91.4 Å². The molecule has 66 heavy (non-hydrogen) atoms. The lowest BCUT2D eigenvalue weighted by Crippen LogP contribution is -2.56. The number of carbonyl (C=O) groups excluding carboxylic acids is 4. The lowest BCUT2D eigenvalue weighted by molar-refractivity contribution is -0.142. The second kappa shape index (κ2) is 24.8. The van der Waals surface area contributed by atoms with Gasteiger partial charge >= 0.3 is 0 Å². The van der Waals surface area contributed by atoms with E-state index in [0.29, 0.717) is 13.1 Å². The number of amides is 4. The highest BCUT2D eigenvalue weighted by Gasteiger charge is 2.42. The number of aromatic nitrogens is 2. The van der Waals surface area contributed by atoms with E-state index in [1.165, 1.54) is 0 Å². The number of aliphatic hydroxyl groups is 2. The van der Waals surface area contributed by atoms with Gasteiger partial charge in [0.05, 0.1) is 56.5 Å². The van der Waals surface area contributed by atoms with E-state index in [2.05, 4.69) is 41.0 Å². The fourth-order valence-corrected chi connectivity index (χ4v) is 10.5. The first kappa shape index (κ1) is 52.9. The summed E-state index contributed by atoms with van der Waals surface area (Å²) >= 11 is 3.22. The van der Waals surface area contributed by atoms with Gasteiger partial charge in [0.2, 0.25) is 23.6 Å². The summed E-state index contributed by atoms with van der Waals surface area (Å²) in [6.45, 7) is 15.5. The minimum absolute atomic E-state index is 0. The summed E-state index contributed by atoms with van der Waals surface area (Å²) < 4.78 is 0. The van der Waals surface area contributed by atoms with Gasteiger partial charge in [-0.2, -0.15) is 0 Å². The molecule has 0 radical (unpaired) electrons. The molecule has 4 fully saturated rings. The molecule has 2 aromatic heterocycles. The molecule has 0 saturated carbocycles. The van der Waals surface area contributed by atoms with Gasteiger partial charge in [-0.1, -0.05) is 48.5 Å². The van der Waals surface area contributed by atoms with Gasteiger partial charge in [-0.15, -0.1) is 47.5 Å². The van der Waals surface area contributed by atoms with Gasteiger partial charge < -0.3 is 41.3 Å². The van der Waals surface area contributed by atoms with Crippen LogP contribution >= 0.6 is 47.5 Å². The van der Waals surface area contributed by atoms with Crippen LogP contribution in [-0.2, 0) is 32.3 Å². The maximum absolute atomic E-state index is 13.1. The fourth-order valence-electron chi connectivity index (χ4n) is 8.86. The van der Waals surface area contributed by atoms with Gasteiger partial charge in [-0.3, -0.25) is 29.0 Å². The van der Waals surface area contributed by atoms with Gasteiger partial charge in [0.15, 0.2) is 0 Å². The smallest absolute Gasteiger partial charge is 0.243 e. The zero-order valence-electron chi connectivity index (χ0n) is 38.0. The highest BCUT2D eigenvalue weighted by molar-refractivity contribution is 7.13. The van der Waals surface area contributed by atoms with E-state index < -0.39 is 24.3 Å². The third-order valence-corrected chi connectivity index (χ3v) is 14.7. The van der Waals surface area contributed by atoms with Crippen LogP contribution in [0, 0.1) is 13.8 Å². The molecule has 4 amide bonds. The number of nitrogens with one attached hydrogen (secondary N) is 4. The average molecular weight is 988 g/mol. The Balaban J connectivity index is 0.000000240. The summed E-state index contributed by atoms with van der Waals surface area (Å²) in [5, 5.41) is 32.9. The number of hydrogen-bond donors (Lipinski definition) is 6. The molecule has 16 nitrogen and oxygen atoms in total. The topological polar surface area (TPSA) is 196 Å². The molecule has 4 aromatic rings. The monoisotopic (exact) mass is 986 g/mol. The number of piperazine rings is 2. The molecule has 0 aliphatic carbocycles. The van der Waals surface area contributed by atoms with Crippen molar-refractivity contribution in [1.82, 2.24) is 50.8 Å². The summed E-state index contributed by atoms with van der Waals surface area (Å²) in [6, 6.07) is 14.2. The summed E-state index contributed by atoms with van der Waals surface area (Å²) in [6.07, 6.45) is -0.802. The second-order valence-corrected chi connectivity index (χ2v) is 18.8. The standard InChI is InChI=1S/2C23H31N5O3S.2ClH/c2*1-15-21(32-14-26-15)18-5-3-17(4-6-18)12-25-22(30)20-11-19(29)13-28(20)23(31)16(2)27-9-7-24-8-10-27;;/h2*3-6,14,16,19-20,24,29H,7-13H2,1-2H3,(H,25,30);2*1H/t16-,19+,20-;16-,19-,20+;;/m01../s1. The zero-order chi connectivity index (χ0) is 45.3. The van der Waals surface area contributed by atoms with Gasteiger partial charge in [0.25, 0.3) is 0 Å². The number of β-amino-alcohol motifs (C(OH)–C–C–N with tert-alkyl or cyclic N) is 2. The number of aryl methyl sites for hydroxylation is 2. The van der Waals surface area contributed by atoms with Crippen LogP contribution in [0.15, 0.2) is 59.6 Å². The Labute approximate surface area is 407 Å². The van der Waals surface area contributed by atoms with Gasteiger partial charge in [0.1, 0.15) is 12.1 Å². The Morgan fingerprint density at radius 2 is 0.985 bits per heavy atom. The van der Waals surface area contributed by atoms with E-state index in [-0.39, 0.29) is 86.5 Å². The molecular formula is C46H64Cl2N10O6S2. The molecule has 6 heterocycles. The van der Waals surface area contributed by atoms with Crippen molar-refractivity contribution in [3.05, 3.63) is 82.1 Å². The molecule has 8 rings (SSSR count). The molecule has 20 heteroatoms. The van der Waals surface area contributed by atoms with Crippen LogP contribution in [0.2, 0.25) is 0 Å². The lowest BCUT2D eigenvalue weighted by atomic mass is 10.1. The maximum Gasteiger partial charge on any atom is 0.243 e. The molecule has 360 valence electrons. The number of benzene rings is 2. The number of aliphatic hydroxyl groups excluding tert-OH is 2. The van der Waals surface area contributed by atoms with Crippen molar-refractivity contribution in [2.75, 3.05) is 65.4 Å². The highest BCUT2D eigenvalue weighted by atomic mass is 35.5. The molecule has 6 atom stereocenters. The third-order valence-electron chi connectivity index (χ3n) is 12.7. The Bertz CT molecular complexity index is 2050. The van der Waals surface area contributed by atoms with Crippen LogP contribution in [0.3, 0.4) is 0 Å². The Hall–Kier alpha value is -4.08. The number of halogens is 2. The Morgan fingerprint density at radius 1 is 0.636 bits per heavy atom. The zero-order valence-corrected chi connectivity index (χ0v) is 41.2. The van der Waals surface area contributed by atoms with Crippen molar-refractivity contribution in [2.45, 2.75) is 90.0 Å². The first-order valence-electron chi connectivity index (χ1n) is 22.3. The first-order chi connectivity index (χ1) is 30.9. The number of likely N-dealkylation sites (tertiary alicyclic amines) is 2. The number of carbonyl (C=O) groups is 4. The van der Waals surface area contributed by atoms with Crippen LogP contribution in [0.4, 0.5) is 0 Å². The predicted molar refractivity (Wildman–Crippen MR) is 263 cm³/mol. The van der Waals surface area contributed by atoms with Crippen molar-refractivity contribution in [2.24, 2.45) is 0 Å². The van der Waals surface area contributed by atoms with Crippen LogP contribution in [0.1, 0.15) is 49.2 Å². The molecule has 4 aliphatic heterocycles. The summed E-state index contributed by atoms with van der Waals surface area (Å²) in [5.41, 5.74) is 9.88. The highest BCUT2D eigenvalue weighted by Crippen LogP contribution is 2.29. The molecule has 0 bridgehead atoms. The number of thiazole rings is 2. The minimum Gasteiger partial charge on any atom is -0.391 e. The van der Waals surface area contributed by atoms with Gasteiger partial charge in [-0.25, -0.2) is 9.97 Å². The maximum atomic E-state index is 13.1. The van der Waals surface area contributed by atoms with E-state index >= 15 is 0 Å². The van der Waals surface area contributed by atoms with Crippen molar-refractivity contribution in [1.29, 1.82) is 0 Å². The van der Waals surface area contributed by atoms with E-state index in [9.17, 15) is 29.4 Å². The van der Waals surface area contributed by atoms with E-state index in [1.807, 2.05) is 87.2 Å². The number of rotatable bonds is 12. The number of nitrogens with zero attached hydrogens (tertiary/aromatic N) is 6. The molecule has 4 aliphatic rings. The van der Waals surface area contributed by atoms with Crippen LogP contribution in [0.25, 0.3) is 20.9 Å². The van der Waals surface area contributed by atoms with Crippen LogP contribution < -0.4 is 21.3 Å². The molecular weight excluding hydrogens is 924 g/mol. The molecule has 2 aromatic carbocycles. The van der Waals surface area contributed by atoms with E-state index in [1.54, 1.807) is 32.5 Å². The summed E-state index contributed by atoms with van der Waals surface area (Å²) in [4.78, 5) is 70.4. The average Bonchev–Trinajstić information content (AvgIpc) is 4.14. The number of hydrogen-bond acceptors (Lipinski definition) is 14.